The molecule has 4 rings (SSSR count). The highest BCUT2D eigenvalue weighted by Gasteiger charge is 2.43. The number of hydrogen-bond donors (Lipinski definition) is 4. The number of benzene rings is 1. The molecule has 2 aliphatic heterocycles. The van der Waals surface area contributed by atoms with Crippen LogP contribution in [-0.4, -0.2) is 62.3 Å². The fraction of sp³-hybridized carbons (Fsp3) is 0.565. The van der Waals surface area contributed by atoms with Gasteiger partial charge in [0, 0.05) is 24.6 Å². The number of phosphoric acid groups is 1. The smallest absolute Gasteiger partial charge is 0.394 e. The Kier molecular flexibility index (Phi) is 7.98. The predicted molar refractivity (Wildman–Crippen MR) is 126 cm³/mol. The van der Waals surface area contributed by atoms with E-state index in [4.69, 9.17) is 18.5 Å². The van der Waals surface area contributed by atoms with E-state index in [-0.39, 0.29) is 18.1 Å². The number of aromatic amines is 1. The van der Waals surface area contributed by atoms with E-state index >= 15 is 0 Å². The summed E-state index contributed by atoms with van der Waals surface area (Å²) in [5.74, 6) is 0. The van der Waals surface area contributed by atoms with Crippen LogP contribution in [-0.2, 0) is 23.1 Å². The lowest BCUT2D eigenvalue weighted by Gasteiger charge is -2.22. The summed E-state index contributed by atoms with van der Waals surface area (Å²) in [6.07, 6.45) is -3.59. The van der Waals surface area contributed by atoms with Crippen LogP contribution in [0.25, 0.3) is 0 Å². The summed E-state index contributed by atoms with van der Waals surface area (Å²) in [6.45, 7) is 4.48. The molecular formula is C23H31N2O10P. The van der Waals surface area contributed by atoms with Gasteiger partial charge in [0.1, 0.15) is 24.5 Å². The number of ether oxygens (including phenoxy) is 2. The van der Waals surface area contributed by atoms with Crippen molar-refractivity contribution < 1.29 is 38.2 Å². The highest BCUT2D eigenvalue weighted by Crippen LogP contribution is 2.49. The molecule has 1 unspecified atom stereocenters. The minimum atomic E-state index is -4.66. The number of phosphoric ester groups is 1. The van der Waals surface area contributed by atoms with E-state index < -0.39 is 62.9 Å². The maximum atomic E-state index is 12.7. The second-order valence-corrected chi connectivity index (χ2v) is 10.7. The first kappa shape index (κ1) is 26.9. The van der Waals surface area contributed by atoms with Crippen molar-refractivity contribution in [2.75, 3.05) is 13.2 Å². The molecule has 0 spiro atoms. The van der Waals surface area contributed by atoms with Crippen molar-refractivity contribution in [1.29, 1.82) is 0 Å². The minimum Gasteiger partial charge on any atom is -0.394 e. The van der Waals surface area contributed by atoms with Crippen molar-refractivity contribution in [2.24, 2.45) is 0 Å². The van der Waals surface area contributed by atoms with Gasteiger partial charge in [-0.15, -0.1) is 0 Å². The van der Waals surface area contributed by atoms with E-state index in [1.165, 1.54) is 13.1 Å². The van der Waals surface area contributed by atoms with Crippen LogP contribution in [0, 0.1) is 20.8 Å². The third-order valence-corrected chi connectivity index (χ3v) is 7.51. The molecule has 2 aliphatic rings. The van der Waals surface area contributed by atoms with Gasteiger partial charge in [-0.2, -0.15) is 0 Å². The third kappa shape index (κ3) is 5.87. The summed E-state index contributed by atoms with van der Waals surface area (Å²) in [4.78, 5) is 36.3. The van der Waals surface area contributed by atoms with E-state index in [9.17, 15) is 29.3 Å². The number of aliphatic hydroxyl groups is 2. The molecule has 2 aromatic rings. The van der Waals surface area contributed by atoms with Crippen molar-refractivity contribution >= 4 is 7.82 Å². The van der Waals surface area contributed by atoms with Crippen molar-refractivity contribution in [3.05, 3.63) is 67.5 Å². The van der Waals surface area contributed by atoms with Crippen LogP contribution in [0.5, 0.6) is 0 Å². The summed E-state index contributed by atoms with van der Waals surface area (Å²) < 4.78 is 35.7. The summed E-state index contributed by atoms with van der Waals surface area (Å²) in [7, 11) is -4.66. The Morgan fingerprint density at radius 1 is 1.14 bits per heavy atom. The molecule has 1 aromatic carbocycles. The Labute approximate surface area is 207 Å². The Morgan fingerprint density at radius 3 is 2.61 bits per heavy atom. The topological polar surface area (TPSA) is 170 Å². The molecule has 3 heterocycles. The van der Waals surface area contributed by atoms with Crippen LogP contribution in [0.3, 0.4) is 0 Å². The van der Waals surface area contributed by atoms with Gasteiger partial charge in [0.05, 0.1) is 25.4 Å². The molecule has 1 aromatic heterocycles. The lowest BCUT2D eigenvalue weighted by atomic mass is 9.98. The molecule has 2 fully saturated rings. The van der Waals surface area contributed by atoms with Gasteiger partial charge < -0.3 is 24.6 Å². The van der Waals surface area contributed by atoms with Crippen molar-refractivity contribution in [3.63, 3.8) is 0 Å². The van der Waals surface area contributed by atoms with Gasteiger partial charge in [-0.1, -0.05) is 23.8 Å². The van der Waals surface area contributed by atoms with E-state index in [2.05, 4.69) is 4.98 Å². The number of aromatic nitrogens is 2. The molecule has 198 valence electrons. The Bertz CT molecular complexity index is 1260. The minimum absolute atomic E-state index is 0.0538. The van der Waals surface area contributed by atoms with Gasteiger partial charge >= 0.3 is 13.5 Å². The zero-order valence-electron chi connectivity index (χ0n) is 20.2. The Hall–Kier alpha value is -2.15. The van der Waals surface area contributed by atoms with Gasteiger partial charge in [0.15, 0.2) is 0 Å². The molecule has 4 N–H and O–H groups in total. The van der Waals surface area contributed by atoms with Gasteiger partial charge in [-0.05, 0) is 31.9 Å². The van der Waals surface area contributed by atoms with Gasteiger partial charge in [0.25, 0.3) is 5.56 Å². The zero-order chi connectivity index (χ0) is 26.2. The number of hydrogen-bond acceptors (Lipinski definition) is 9. The van der Waals surface area contributed by atoms with Gasteiger partial charge in [-0.3, -0.25) is 23.4 Å². The van der Waals surface area contributed by atoms with Crippen LogP contribution < -0.4 is 11.2 Å². The second-order valence-electron chi connectivity index (χ2n) is 9.26. The molecule has 36 heavy (non-hydrogen) atoms. The first-order chi connectivity index (χ1) is 17.0. The summed E-state index contributed by atoms with van der Waals surface area (Å²) in [5, 5.41) is 20.1. The second kappa shape index (κ2) is 10.7. The number of nitrogens with zero attached hydrogens (tertiary/aromatic N) is 1. The van der Waals surface area contributed by atoms with Crippen LogP contribution in [0.15, 0.2) is 34.0 Å². The highest BCUT2D eigenvalue weighted by molar-refractivity contribution is 7.47. The maximum Gasteiger partial charge on any atom is 0.472 e. The number of aliphatic hydroxyl groups excluding tert-OH is 2. The molecule has 7 atom stereocenters. The summed E-state index contributed by atoms with van der Waals surface area (Å²) in [6, 6.07) is 5.93. The lowest BCUT2D eigenvalue weighted by Crippen LogP contribution is -2.33. The normalized spacial score (nSPS) is 29.9. The zero-order valence-corrected chi connectivity index (χ0v) is 21.1. The number of aryl methyl sites for hydroxylation is 3. The van der Waals surface area contributed by atoms with E-state index in [1.54, 1.807) is 0 Å². The summed E-state index contributed by atoms with van der Waals surface area (Å²) >= 11 is 0. The van der Waals surface area contributed by atoms with Crippen molar-refractivity contribution in [3.8, 4) is 0 Å². The van der Waals surface area contributed by atoms with Crippen LogP contribution in [0.4, 0.5) is 0 Å². The summed E-state index contributed by atoms with van der Waals surface area (Å²) in [5.41, 5.74) is 2.02. The highest BCUT2D eigenvalue weighted by atomic mass is 31.2. The molecule has 0 saturated carbocycles. The number of rotatable bonds is 8. The average Bonchev–Trinajstić information content (AvgIpc) is 3.38. The maximum absolute atomic E-state index is 12.7. The molecule has 0 amide bonds. The van der Waals surface area contributed by atoms with Crippen LogP contribution in [0.1, 0.15) is 47.4 Å². The molecule has 0 radical (unpaired) electrons. The standard InChI is InChI=1S/C23H31N2O10P/c1-12-4-5-13(2)15(6-12)17-7-16(27)20(33-17)11-32-36(30,31)35-18-8-21(34-19(18)10-26)25-9-14(3)22(28)24-23(25)29/h4-6,9,16-21,26-27H,7-8,10-11H2,1-3H3,(H,30,31)(H,24,28,29)/t16-,17-,18-,19-,20-,21-/m1/s1. The van der Waals surface area contributed by atoms with Crippen molar-refractivity contribution in [2.45, 2.75) is 70.4 Å². The van der Waals surface area contributed by atoms with Gasteiger partial charge in [-0.25, -0.2) is 9.36 Å². The Morgan fingerprint density at radius 2 is 1.89 bits per heavy atom. The van der Waals surface area contributed by atoms with Crippen LogP contribution in [0.2, 0.25) is 0 Å². The Balaban J connectivity index is 1.38. The van der Waals surface area contributed by atoms with Crippen LogP contribution >= 0.6 is 7.82 Å². The molecular weight excluding hydrogens is 495 g/mol. The molecule has 2 saturated heterocycles. The molecule has 0 aliphatic carbocycles. The van der Waals surface area contributed by atoms with E-state index in [0.29, 0.717) is 6.42 Å². The molecule has 12 nitrogen and oxygen atoms in total. The lowest BCUT2D eigenvalue weighted by molar-refractivity contribution is -0.0513. The monoisotopic (exact) mass is 526 g/mol. The first-order valence-corrected chi connectivity index (χ1v) is 13.1. The fourth-order valence-corrected chi connectivity index (χ4v) is 5.46. The molecule has 0 bridgehead atoms. The SMILES string of the molecule is Cc1ccc(C)c([C@H]2C[C@@H](O)[C@@H](COP(=O)(O)O[C@@H]3C[C@H](n4cc(C)c(=O)[nH]c4=O)O[C@@H]3CO)O2)c1. The third-order valence-electron chi connectivity index (χ3n) is 6.49. The molecule has 13 heteroatoms. The largest absolute Gasteiger partial charge is 0.472 e. The van der Waals surface area contributed by atoms with Gasteiger partial charge in [0.2, 0.25) is 0 Å². The number of H-pyrrole nitrogens is 1. The predicted octanol–water partition coefficient (Wildman–Crippen LogP) is 1.13. The fourth-order valence-electron chi connectivity index (χ4n) is 4.50. The quantitative estimate of drug-likeness (QED) is 0.366. The van der Waals surface area contributed by atoms with Crippen molar-refractivity contribution in [1.82, 2.24) is 9.55 Å². The first-order valence-electron chi connectivity index (χ1n) is 11.6. The number of nitrogens with one attached hydrogen (secondary N) is 1. The van der Waals surface area contributed by atoms with E-state index in [0.717, 1.165) is 21.3 Å². The van der Waals surface area contributed by atoms with E-state index in [1.807, 2.05) is 32.0 Å². The average molecular weight is 526 g/mol.